The molecule has 5 atom stereocenters. The van der Waals surface area contributed by atoms with Gasteiger partial charge >= 0.3 is 0 Å². The smallest absolute Gasteiger partial charge is 0.248 e. The third kappa shape index (κ3) is 3.44. The molecular weight excluding hydrogens is 414 g/mol. The standard InChI is InChI=1S/C23H31N3O4S/c1-4-10-24-20(28)16-15-8-9-23(31-15)17(16)22(30)26(11-12-27)19(23)21(29)25-18-13(2)6-5-7-14(18)3/h5-7,15-17,19,27H,4,8-12H2,1-3H3,(H,24,28)(H,25,29)/t15-,16+,17+,19?,23?/m1/s1. The summed E-state index contributed by atoms with van der Waals surface area (Å²) >= 11 is 1.64. The van der Waals surface area contributed by atoms with Gasteiger partial charge in [0.05, 0.1) is 23.2 Å². The second-order valence-corrected chi connectivity index (χ2v) is 10.5. The Morgan fingerprint density at radius 2 is 1.97 bits per heavy atom. The van der Waals surface area contributed by atoms with Gasteiger partial charge in [-0.3, -0.25) is 14.4 Å². The lowest BCUT2D eigenvalue weighted by molar-refractivity contribution is -0.139. The van der Waals surface area contributed by atoms with Crippen LogP contribution in [0.15, 0.2) is 18.2 Å². The molecule has 0 saturated carbocycles. The van der Waals surface area contributed by atoms with E-state index in [4.69, 9.17) is 0 Å². The summed E-state index contributed by atoms with van der Waals surface area (Å²) in [6, 6.07) is 5.13. The molecule has 7 nitrogen and oxygen atoms in total. The Balaban J connectivity index is 1.68. The van der Waals surface area contributed by atoms with Gasteiger partial charge < -0.3 is 20.6 Å². The van der Waals surface area contributed by atoms with Gasteiger partial charge in [0, 0.05) is 24.0 Å². The highest BCUT2D eigenvalue weighted by Crippen LogP contribution is 2.66. The van der Waals surface area contributed by atoms with Crippen molar-refractivity contribution >= 4 is 35.2 Å². The molecule has 3 aliphatic heterocycles. The monoisotopic (exact) mass is 445 g/mol. The maximum absolute atomic E-state index is 13.6. The van der Waals surface area contributed by atoms with Gasteiger partial charge in [0.25, 0.3) is 0 Å². The molecule has 2 unspecified atom stereocenters. The number of benzene rings is 1. The number of rotatable bonds is 7. The summed E-state index contributed by atoms with van der Waals surface area (Å²) in [5, 5.41) is 15.7. The largest absolute Gasteiger partial charge is 0.395 e. The van der Waals surface area contributed by atoms with E-state index in [2.05, 4.69) is 10.6 Å². The molecule has 0 aromatic heterocycles. The zero-order valence-corrected chi connectivity index (χ0v) is 19.1. The van der Waals surface area contributed by atoms with Gasteiger partial charge in [-0.15, -0.1) is 11.8 Å². The van der Waals surface area contributed by atoms with E-state index in [9.17, 15) is 19.5 Å². The van der Waals surface area contributed by atoms with E-state index < -0.39 is 22.6 Å². The van der Waals surface area contributed by atoms with Crippen LogP contribution in [0.3, 0.4) is 0 Å². The molecule has 3 amide bonds. The highest BCUT2D eigenvalue weighted by molar-refractivity contribution is 8.02. The number of para-hydroxylation sites is 1. The van der Waals surface area contributed by atoms with Crippen LogP contribution in [0.5, 0.6) is 0 Å². The Labute approximate surface area is 187 Å². The lowest BCUT2D eigenvalue weighted by atomic mass is 9.70. The molecule has 0 aliphatic carbocycles. The van der Waals surface area contributed by atoms with Crippen molar-refractivity contribution in [3.8, 4) is 0 Å². The quantitative estimate of drug-likeness (QED) is 0.595. The summed E-state index contributed by atoms with van der Waals surface area (Å²) < 4.78 is -0.619. The molecule has 2 bridgehead atoms. The molecule has 1 spiro atoms. The van der Waals surface area contributed by atoms with Gasteiger partial charge in [-0.2, -0.15) is 0 Å². The zero-order valence-electron chi connectivity index (χ0n) is 18.3. The fourth-order valence-electron chi connectivity index (χ4n) is 5.67. The number of likely N-dealkylation sites (tertiary alicyclic amines) is 1. The van der Waals surface area contributed by atoms with Crippen molar-refractivity contribution in [1.82, 2.24) is 10.2 Å². The highest BCUT2D eigenvalue weighted by Gasteiger charge is 2.73. The summed E-state index contributed by atoms with van der Waals surface area (Å²) in [7, 11) is 0. The van der Waals surface area contributed by atoms with Crippen LogP contribution in [0.1, 0.15) is 37.3 Å². The minimum Gasteiger partial charge on any atom is -0.395 e. The Morgan fingerprint density at radius 1 is 1.26 bits per heavy atom. The number of fused-ring (bicyclic) bond motifs is 1. The van der Waals surface area contributed by atoms with E-state index in [0.29, 0.717) is 6.54 Å². The molecule has 3 heterocycles. The topological polar surface area (TPSA) is 98.7 Å². The van der Waals surface area contributed by atoms with E-state index in [1.54, 1.807) is 11.8 Å². The number of anilines is 1. The van der Waals surface area contributed by atoms with Crippen molar-refractivity contribution in [3.63, 3.8) is 0 Å². The number of amides is 3. The molecule has 3 fully saturated rings. The number of carbonyl (C=O) groups excluding carboxylic acids is 3. The molecule has 31 heavy (non-hydrogen) atoms. The molecule has 0 radical (unpaired) electrons. The molecule has 4 rings (SSSR count). The summed E-state index contributed by atoms with van der Waals surface area (Å²) in [5.74, 6) is -1.43. The van der Waals surface area contributed by atoms with Crippen molar-refractivity contribution in [1.29, 1.82) is 0 Å². The van der Waals surface area contributed by atoms with Crippen molar-refractivity contribution in [2.75, 3.05) is 25.0 Å². The second-order valence-electron chi connectivity index (χ2n) is 8.86. The summed E-state index contributed by atoms with van der Waals surface area (Å²) in [4.78, 5) is 41.6. The number of carbonyl (C=O) groups is 3. The van der Waals surface area contributed by atoms with E-state index in [1.165, 1.54) is 4.90 Å². The minimum atomic E-state index is -0.699. The van der Waals surface area contributed by atoms with Crippen LogP contribution in [0.25, 0.3) is 0 Å². The number of nitrogens with one attached hydrogen (secondary N) is 2. The van der Waals surface area contributed by atoms with Crippen LogP contribution >= 0.6 is 11.8 Å². The predicted octanol–water partition coefficient (Wildman–Crippen LogP) is 1.85. The normalized spacial score (nSPS) is 31.1. The third-order valence-electron chi connectivity index (χ3n) is 6.97. The van der Waals surface area contributed by atoms with Gasteiger partial charge in [-0.25, -0.2) is 0 Å². The second kappa shape index (κ2) is 8.47. The number of hydrogen-bond acceptors (Lipinski definition) is 5. The molecule has 168 valence electrons. The Hall–Kier alpha value is -2.06. The lowest BCUT2D eigenvalue weighted by Crippen LogP contribution is -2.52. The SMILES string of the molecule is CCCNC(=O)[C@@H]1[C@H]2C(=O)N(CCO)C(C(=O)Nc3c(C)cccc3C)C23CC[C@H]1S3. The first-order chi connectivity index (χ1) is 14.9. The number of aliphatic hydroxyl groups excluding tert-OH is 1. The van der Waals surface area contributed by atoms with Crippen LogP contribution in [-0.2, 0) is 14.4 Å². The van der Waals surface area contributed by atoms with Crippen molar-refractivity contribution in [2.24, 2.45) is 11.8 Å². The molecule has 3 aliphatic rings. The molecule has 3 saturated heterocycles. The van der Waals surface area contributed by atoms with Crippen molar-refractivity contribution in [2.45, 2.75) is 56.1 Å². The number of aliphatic hydroxyl groups is 1. The fourth-order valence-corrected chi connectivity index (χ4v) is 7.89. The van der Waals surface area contributed by atoms with Gasteiger partial charge in [-0.05, 0) is 44.2 Å². The van der Waals surface area contributed by atoms with Gasteiger partial charge in [-0.1, -0.05) is 25.1 Å². The van der Waals surface area contributed by atoms with Gasteiger partial charge in [0.2, 0.25) is 17.7 Å². The van der Waals surface area contributed by atoms with E-state index in [0.717, 1.165) is 36.1 Å². The van der Waals surface area contributed by atoms with Crippen molar-refractivity contribution in [3.05, 3.63) is 29.3 Å². The third-order valence-corrected chi connectivity index (χ3v) is 8.92. The van der Waals surface area contributed by atoms with Crippen LogP contribution < -0.4 is 10.6 Å². The molecule has 1 aromatic carbocycles. The number of nitrogens with zero attached hydrogens (tertiary/aromatic N) is 1. The van der Waals surface area contributed by atoms with Crippen LogP contribution in [0.4, 0.5) is 5.69 Å². The number of aryl methyl sites for hydroxylation is 2. The minimum absolute atomic E-state index is 0.0533. The first kappa shape index (κ1) is 22.1. The molecular formula is C23H31N3O4S. The Kier molecular flexibility index (Phi) is 6.05. The summed E-state index contributed by atoms with van der Waals surface area (Å²) in [5.41, 5.74) is 2.68. The van der Waals surface area contributed by atoms with E-state index in [1.807, 2.05) is 39.0 Å². The molecule has 3 N–H and O–H groups in total. The Morgan fingerprint density at radius 3 is 2.61 bits per heavy atom. The highest BCUT2D eigenvalue weighted by atomic mass is 32.2. The van der Waals surface area contributed by atoms with Crippen LogP contribution in [0, 0.1) is 25.7 Å². The van der Waals surface area contributed by atoms with E-state index in [-0.39, 0.29) is 36.1 Å². The predicted molar refractivity (Wildman–Crippen MR) is 121 cm³/mol. The summed E-state index contributed by atoms with van der Waals surface area (Å²) in [6.45, 7) is 6.34. The average molecular weight is 446 g/mol. The maximum atomic E-state index is 13.6. The summed E-state index contributed by atoms with van der Waals surface area (Å²) in [6.07, 6.45) is 2.37. The average Bonchev–Trinajstić information content (AvgIpc) is 3.37. The van der Waals surface area contributed by atoms with Crippen LogP contribution in [0.2, 0.25) is 0 Å². The van der Waals surface area contributed by atoms with Gasteiger partial charge in [0.1, 0.15) is 6.04 Å². The Bertz CT molecular complexity index is 887. The number of β-amino-alcohol motifs (C(OH)–C–C–N with tert-alkyl or cyclic N) is 1. The number of thioether (sulfide) groups is 1. The molecule has 8 heteroatoms. The maximum Gasteiger partial charge on any atom is 0.248 e. The van der Waals surface area contributed by atoms with E-state index >= 15 is 0 Å². The molecule has 1 aromatic rings. The fraction of sp³-hybridized carbons (Fsp3) is 0.609. The van der Waals surface area contributed by atoms with Gasteiger partial charge in [0.15, 0.2) is 0 Å². The number of hydrogen-bond donors (Lipinski definition) is 3. The lowest BCUT2D eigenvalue weighted by Gasteiger charge is -2.34. The van der Waals surface area contributed by atoms with Crippen molar-refractivity contribution < 1.29 is 19.5 Å². The first-order valence-corrected chi connectivity index (χ1v) is 12.0. The first-order valence-electron chi connectivity index (χ1n) is 11.1. The zero-order chi connectivity index (χ0) is 22.3. The van der Waals surface area contributed by atoms with Crippen LogP contribution in [-0.4, -0.2) is 63.5 Å².